The van der Waals surface area contributed by atoms with Gasteiger partial charge in [0, 0.05) is 30.0 Å². The number of rotatable bonds is 6. The lowest BCUT2D eigenvalue weighted by Gasteiger charge is -2.08. The summed E-state index contributed by atoms with van der Waals surface area (Å²) >= 11 is 0. The highest BCUT2D eigenvalue weighted by atomic mass is 19.2. The molecule has 1 amide bonds. The Balaban J connectivity index is 1.46. The summed E-state index contributed by atoms with van der Waals surface area (Å²) in [6.45, 7) is -0.0681. The van der Waals surface area contributed by atoms with Crippen LogP contribution in [0.4, 0.5) is 14.5 Å². The van der Waals surface area contributed by atoms with Crippen LogP contribution in [0.3, 0.4) is 0 Å². The van der Waals surface area contributed by atoms with Gasteiger partial charge in [-0.3, -0.25) is 9.59 Å². The van der Waals surface area contributed by atoms with E-state index in [1.165, 1.54) is 6.07 Å². The number of ether oxygens (including phenoxy) is 1. The number of esters is 1. The summed E-state index contributed by atoms with van der Waals surface area (Å²) in [5.74, 6) is -3.23. The van der Waals surface area contributed by atoms with Gasteiger partial charge >= 0.3 is 5.97 Å². The van der Waals surface area contributed by atoms with Crippen LogP contribution < -0.4 is 5.32 Å². The second kappa shape index (κ2) is 7.77. The molecule has 3 aromatic rings. The van der Waals surface area contributed by atoms with Gasteiger partial charge in [0.1, 0.15) is 0 Å². The Bertz CT molecular complexity index is 953. The predicted molar refractivity (Wildman–Crippen MR) is 92.5 cm³/mol. The monoisotopic (exact) mass is 358 g/mol. The molecule has 0 atom stereocenters. The molecule has 0 saturated heterocycles. The van der Waals surface area contributed by atoms with Crippen LogP contribution in [0.15, 0.2) is 54.7 Å². The van der Waals surface area contributed by atoms with Crippen LogP contribution in [0.5, 0.6) is 0 Å². The van der Waals surface area contributed by atoms with E-state index in [0.29, 0.717) is 6.54 Å². The van der Waals surface area contributed by atoms with Crippen molar-refractivity contribution in [2.45, 2.75) is 13.0 Å². The number of aromatic nitrogens is 1. The van der Waals surface area contributed by atoms with E-state index in [0.717, 1.165) is 23.0 Å². The minimum atomic E-state index is -1.07. The molecule has 3 rings (SSSR count). The van der Waals surface area contributed by atoms with Crippen molar-refractivity contribution in [3.05, 3.63) is 66.4 Å². The molecule has 0 fully saturated rings. The lowest BCUT2D eigenvalue weighted by atomic mass is 10.2. The predicted octanol–water partition coefficient (Wildman–Crippen LogP) is 3.49. The fourth-order valence-corrected chi connectivity index (χ4v) is 2.54. The zero-order valence-electron chi connectivity index (χ0n) is 13.7. The van der Waals surface area contributed by atoms with Crippen LogP contribution in [-0.4, -0.2) is 23.1 Å². The largest absolute Gasteiger partial charge is 0.456 e. The van der Waals surface area contributed by atoms with Crippen molar-refractivity contribution in [2.75, 3.05) is 11.9 Å². The van der Waals surface area contributed by atoms with Gasteiger partial charge in [-0.15, -0.1) is 0 Å². The maximum absolute atomic E-state index is 13.1. The van der Waals surface area contributed by atoms with E-state index in [2.05, 4.69) is 5.32 Å². The zero-order chi connectivity index (χ0) is 18.5. The number of fused-ring (bicyclic) bond motifs is 1. The minimum Gasteiger partial charge on any atom is -0.456 e. The quantitative estimate of drug-likeness (QED) is 0.686. The summed E-state index contributed by atoms with van der Waals surface area (Å²) in [5, 5.41) is 3.41. The Hall–Kier alpha value is -3.22. The average molecular weight is 358 g/mol. The number of amides is 1. The average Bonchev–Trinajstić information content (AvgIpc) is 3.04. The van der Waals surface area contributed by atoms with Crippen molar-refractivity contribution in [2.24, 2.45) is 0 Å². The molecule has 0 radical (unpaired) electrons. The number of carbonyl (C=O) groups excluding carboxylic acids is 2. The number of anilines is 1. The van der Waals surface area contributed by atoms with Crippen molar-refractivity contribution in [3.8, 4) is 0 Å². The summed E-state index contributed by atoms with van der Waals surface area (Å²) in [6.07, 6.45) is 1.99. The topological polar surface area (TPSA) is 60.3 Å². The molecule has 0 aliphatic carbocycles. The van der Waals surface area contributed by atoms with E-state index >= 15 is 0 Å². The first-order valence-corrected chi connectivity index (χ1v) is 7.97. The molecule has 1 heterocycles. The third-order valence-electron chi connectivity index (χ3n) is 3.80. The molecule has 134 valence electrons. The minimum absolute atomic E-state index is 0.0868. The molecule has 5 nitrogen and oxygen atoms in total. The lowest BCUT2D eigenvalue weighted by molar-refractivity contribution is -0.147. The normalized spacial score (nSPS) is 10.7. The highest BCUT2D eigenvalue weighted by Gasteiger charge is 2.10. The van der Waals surface area contributed by atoms with Crippen LogP contribution in [-0.2, 0) is 20.9 Å². The molecule has 0 spiro atoms. The molecular formula is C19H16F2N2O3. The Labute approximate surface area is 148 Å². The second-order valence-electron chi connectivity index (χ2n) is 5.66. The van der Waals surface area contributed by atoms with Crippen LogP contribution >= 0.6 is 0 Å². The van der Waals surface area contributed by atoms with E-state index in [-0.39, 0.29) is 12.1 Å². The highest BCUT2D eigenvalue weighted by molar-refractivity contribution is 5.92. The van der Waals surface area contributed by atoms with Crippen LogP contribution in [0.2, 0.25) is 0 Å². The first-order valence-electron chi connectivity index (χ1n) is 7.97. The van der Waals surface area contributed by atoms with Gasteiger partial charge in [0.2, 0.25) is 0 Å². The van der Waals surface area contributed by atoms with Gasteiger partial charge in [-0.2, -0.15) is 0 Å². The number of para-hydroxylation sites is 1. The number of carbonyl (C=O) groups is 2. The van der Waals surface area contributed by atoms with Gasteiger partial charge in [-0.25, -0.2) is 8.78 Å². The fourth-order valence-electron chi connectivity index (χ4n) is 2.54. The number of halogens is 2. The summed E-state index contributed by atoms with van der Waals surface area (Å²) < 4.78 is 32.7. The second-order valence-corrected chi connectivity index (χ2v) is 5.66. The Morgan fingerprint density at radius 3 is 2.65 bits per heavy atom. The molecule has 0 saturated carbocycles. The van der Waals surface area contributed by atoms with Gasteiger partial charge in [-0.1, -0.05) is 18.2 Å². The highest BCUT2D eigenvalue weighted by Crippen LogP contribution is 2.15. The number of hydrogen-bond donors (Lipinski definition) is 1. The van der Waals surface area contributed by atoms with E-state index in [1.807, 2.05) is 41.1 Å². The number of nitrogens with one attached hydrogen (secondary N) is 1. The van der Waals surface area contributed by atoms with Crippen molar-refractivity contribution >= 4 is 28.5 Å². The van der Waals surface area contributed by atoms with Crippen molar-refractivity contribution in [1.82, 2.24) is 4.57 Å². The fraction of sp³-hybridized carbons (Fsp3) is 0.158. The number of benzene rings is 2. The number of aryl methyl sites for hydroxylation is 1. The first-order chi connectivity index (χ1) is 12.5. The molecule has 0 bridgehead atoms. The molecule has 1 N–H and O–H groups in total. The van der Waals surface area contributed by atoms with Gasteiger partial charge < -0.3 is 14.6 Å². The van der Waals surface area contributed by atoms with Gasteiger partial charge in [0.05, 0.1) is 6.42 Å². The molecule has 0 unspecified atom stereocenters. The summed E-state index contributed by atoms with van der Waals surface area (Å²) in [6, 6.07) is 12.7. The van der Waals surface area contributed by atoms with E-state index in [1.54, 1.807) is 0 Å². The van der Waals surface area contributed by atoms with Crippen LogP contribution in [0.25, 0.3) is 10.9 Å². The summed E-state index contributed by atoms with van der Waals surface area (Å²) in [7, 11) is 0. The van der Waals surface area contributed by atoms with E-state index in [4.69, 9.17) is 4.74 Å². The zero-order valence-corrected chi connectivity index (χ0v) is 13.7. The van der Waals surface area contributed by atoms with Crippen molar-refractivity contribution < 1.29 is 23.1 Å². The number of nitrogens with zero attached hydrogens (tertiary/aromatic N) is 1. The Morgan fingerprint density at radius 2 is 1.85 bits per heavy atom. The smallest absolute Gasteiger partial charge is 0.308 e. The maximum atomic E-state index is 13.1. The maximum Gasteiger partial charge on any atom is 0.308 e. The first kappa shape index (κ1) is 17.6. The third kappa shape index (κ3) is 4.24. The Morgan fingerprint density at radius 1 is 1.04 bits per heavy atom. The molecule has 26 heavy (non-hydrogen) atoms. The summed E-state index contributed by atoms with van der Waals surface area (Å²) in [5.41, 5.74) is 1.10. The standard InChI is InChI=1S/C19H16F2N2O3/c20-15-6-5-14(11-16(15)21)22-18(24)12-26-19(25)8-10-23-9-7-13-3-1-2-4-17(13)23/h1-7,9,11H,8,10,12H2,(H,22,24). The molecule has 2 aromatic carbocycles. The van der Waals surface area contributed by atoms with Crippen LogP contribution in [0.1, 0.15) is 6.42 Å². The SMILES string of the molecule is O=C(COC(=O)CCn1ccc2ccccc21)Nc1ccc(F)c(F)c1. The molecule has 1 aromatic heterocycles. The van der Waals surface area contributed by atoms with E-state index < -0.39 is 30.1 Å². The lowest BCUT2D eigenvalue weighted by Crippen LogP contribution is -2.21. The van der Waals surface area contributed by atoms with Gasteiger partial charge in [0.15, 0.2) is 18.2 Å². The van der Waals surface area contributed by atoms with Crippen LogP contribution in [0, 0.1) is 11.6 Å². The van der Waals surface area contributed by atoms with Gasteiger partial charge in [0.25, 0.3) is 5.91 Å². The van der Waals surface area contributed by atoms with Crippen molar-refractivity contribution in [3.63, 3.8) is 0 Å². The van der Waals surface area contributed by atoms with E-state index in [9.17, 15) is 18.4 Å². The third-order valence-corrected chi connectivity index (χ3v) is 3.80. The Kier molecular flexibility index (Phi) is 5.26. The molecular weight excluding hydrogens is 342 g/mol. The van der Waals surface area contributed by atoms with Gasteiger partial charge in [-0.05, 0) is 29.7 Å². The number of hydrogen-bond acceptors (Lipinski definition) is 3. The molecule has 0 aliphatic rings. The summed E-state index contributed by atoms with van der Waals surface area (Å²) in [4.78, 5) is 23.5. The molecule has 0 aliphatic heterocycles. The molecule has 7 heteroatoms. The van der Waals surface area contributed by atoms with Crippen molar-refractivity contribution in [1.29, 1.82) is 0 Å².